The third-order valence-corrected chi connectivity index (χ3v) is 7.96. The molecule has 1 fully saturated rings. The molecule has 4 N–H and O–H groups in total. The maximum absolute atomic E-state index is 13.6. The molecule has 1 saturated heterocycles. The standard InChI is InChI=1S/C30H38N6O5.C6H10N2.2ClH/c1-30(2,31)29(39)33-24(19-41-18-21-9-5-4-6-10-21)27(37)34-25-17-36(20-32-25)26(28(38)35-15-7-8-16-35)22-11-13-23(40-3)14-12-22;1-6(2)8-4-3-7-5-8;;/h4-6,9-14,17,20,24,26H,7-8,15-16,18-19,31H2,1-3H3,(H,33,39)(H,34,37);3-6H,1-2H3;2*1H/t24-,26?;;;/m1.../s1. The van der Waals surface area contributed by atoms with Gasteiger partial charge in [0.15, 0.2) is 5.82 Å². The van der Waals surface area contributed by atoms with Crippen LogP contribution in [0, 0.1) is 0 Å². The first kappa shape index (κ1) is 42.7. The summed E-state index contributed by atoms with van der Waals surface area (Å²) in [5.41, 5.74) is 6.45. The predicted octanol–water partition coefficient (Wildman–Crippen LogP) is 4.79. The van der Waals surface area contributed by atoms with Gasteiger partial charge in [-0.15, -0.1) is 24.8 Å². The van der Waals surface area contributed by atoms with E-state index in [-0.39, 0.29) is 49.8 Å². The predicted molar refractivity (Wildman–Crippen MR) is 201 cm³/mol. The Morgan fingerprint density at radius 3 is 2.18 bits per heavy atom. The molecule has 4 aromatic rings. The van der Waals surface area contributed by atoms with Crippen LogP contribution in [0.2, 0.25) is 0 Å². The molecule has 1 unspecified atom stereocenters. The number of nitrogens with zero attached hydrogens (tertiary/aromatic N) is 5. The smallest absolute Gasteiger partial charge is 0.250 e. The highest BCUT2D eigenvalue weighted by atomic mass is 35.5. The lowest BCUT2D eigenvalue weighted by Gasteiger charge is -2.24. The molecular formula is C36H50Cl2N8O5. The van der Waals surface area contributed by atoms with E-state index >= 15 is 0 Å². The fraction of sp³-hybridized carbons (Fsp3) is 0.417. The van der Waals surface area contributed by atoms with Crippen molar-refractivity contribution in [3.8, 4) is 5.75 Å². The summed E-state index contributed by atoms with van der Waals surface area (Å²) in [5.74, 6) is -0.150. The number of halogens is 2. The third-order valence-electron chi connectivity index (χ3n) is 7.96. The van der Waals surface area contributed by atoms with Crippen LogP contribution in [0.3, 0.4) is 0 Å². The normalized spacial score (nSPS) is 13.5. The zero-order valence-corrected chi connectivity index (χ0v) is 31.4. The molecule has 278 valence electrons. The summed E-state index contributed by atoms with van der Waals surface area (Å²) in [6, 6.07) is 15.7. The molecule has 1 aliphatic rings. The first-order chi connectivity index (χ1) is 23.5. The molecule has 5 rings (SSSR count). The van der Waals surface area contributed by atoms with Crippen molar-refractivity contribution in [1.82, 2.24) is 29.3 Å². The van der Waals surface area contributed by atoms with Crippen molar-refractivity contribution < 1.29 is 23.9 Å². The molecule has 0 spiro atoms. The van der Waals surface area contributed by atoms with Crippen molar-refractivity contribution in [2.45, 2.75) is 70.8 Å². The van der Waals surface area contributed by atoms with Gasteiger partial charge in [-0.25, -0.2) is 9.97 Å². The summed E-state index contributed by atoms with van der Waals surface area (Å²) in [4.78, 5) is 49.6. The number of anilines is 1. The summed E-state index contributed by atoms with van der Waals surface area (Å²) in [5, 5.41) is 5.43. The number of hydrogen-bond donors (Lipinski definition) is 3. The molecule has 3 heterocycles. The minimum Gasteiger partial charge on any atom is -0.497 e. The average Bonchev–Trinajstić information content (AvgIpc) is 3.89. The molecule has 0 aliphatic carbocycles. The Balaban J connectivity index is 0.000000795. The van der Waals surface area contributed by atoms with Gasteiger partial charge in [-0.05, 0) is 63.8 Å². The van der Waals surface area contributed by atoms with Crippen LogP contribution in [0.4, 0.5) is 5.82 Å². The molecule has 0 radical (unpaired) electrons. The van der Waals surface area contributed by atoms with Gasteiger partial charge in [0.2, 0.25) is 11.8 Å². The van der Waals surface area contributed by atoms with E-state index in [4.69, 9.17) is 15.2 Å². The lowest BCUT2D eigenvalue weighted by atomic mass is 10.1. The van der Waals surface area contributed by atoms with Gasteiger partial charge >= 0.3 is 0 Å². The van der Waals surface area contributed by atoms with Crippen molar-refractivity contribution in [3.05, 3.63) is 97.0 Å². The van der Waals surface area contributed by atoms with Crippen LogP contribution in [0.15, 0.2) is 85.8 Å². The number of ether oxygens (including phenoxy) is 2. The minimum absolute atomic E-state index is 0. The topological polar surface area (TPSA) is 159 Å². The van der Waals surface area contributed by atoms with Gasteiger partial charge in [-0.2, -0.15) is 0 Å². The van der Waals surface area contributed by atoms with Crippen LogP contribution >= 0.6 is 24.8 Å². The van der Waals surface area contributed by atoms with E-state index in [0.717, 1.165) is 24.0 Å². The third kappa shape index (κ3) is 12.7. The second-order valence-electron chi connectivity index (χ2n) is 12.8. The Morgan fingerprint density at radius 2 is 1.63 bits per heavy atom. The SMILES string of the molecule is CC(C)n1ccnc1.COc1ccc(C(C(=O)N2CCCC2)n2cnc(NC(=O)[C@@H](COCc3ccccc3)NC(=O)C(C)(C)N)c2)cc1.Cl.Cl. The van der Waals surface area contributed by atoms with Gasteiger partial charge in [0.05, 0.1) is 38.5 Å². The molecule has 0 saturated carbocycles. The number of nitrogens with two attached hydrogens (primary N) is 1. The van der Waals surface area contributed by atoms with Crippen LogP contribution in [0.5, 0.6) is 5.75 Å². The number of benzene rings is 2. The monoisotopic (exact) mass is 744 g/mol. The number of nitrogens with one attached hydrogen (secondary N) is 2. The fourth-order valence-electron chi connectivity index (χ4n) is 5.07. The lowest BCUT2D eigenvalue weighted by molar-refractivity contribution is -0.132. The van der Waals surface area contributed by atoms with Gasteiger partial charge < -0.3 is 39.9 Å². The second kappa shape index (κ2) is 20.4. The molecule has 2 atom stereocenters. The largest absolute Gasteiger partial charge is 0.497 e. The summed E-state index contributed by atoms with van der Waals surface area (Å²) < 4.78 is 14.8. The number of carbonyl (C=O) groups excluding carboxylic acids is 3. The fourth-order valence-corrected chi connectivity index (χ4v) is 5.07. The van der Waals surface area contributed by atoms with E-state index in [1.54, 1.807) is 50.1 Å². The van der Waals surface area contributed by atoms with Gasteiger partial charge in [0.25, 0.3) is 5.91 Å². The number of amides is 3. The van der Waals surface area contributed by atoms with Gasteiger partial charge in [-0.3, -0.25) is 14.4 Å². The van der Waals surface area contributed by atoms with Gasteiger partial charge in [0, 0.05) is 37.7 Å². The van der Waals surface area contributed by atoms with Crippen molar-refractivity contribution >= 4 is 48.4 Å². The van der Waals surface area contributed by atoms with Gasteiger partial charge in [0.1, 0.15) is 17.8 Å². The van der Waals surface area contributed by atoms with E-state index in [9.17, 15) is 14.4 Å². The van der Waals surface area contributed by atoms with E-state index in [0.29, 0.717) is 24.9 Å². The van der Waals surface area contributed by atoms with Crippen molar-refractivity contribution in [2.24, 2.45) is 5.73 Å². The van der Waals surface area contributed by atoms with Crippen LogP contribution in [0.25, 0.3) is 0 Å². The molecular weight excluding hydrogens is 695 g/mol. The van der Waals surface area contributed by atoms with Gasteiger partial charge in [-0.1, -0.05) is 42.5 Å². The lowest BCUT2D eigenvalue weighted by Crippen LogP contribution is -2.56. The highest BCUT2D eigenvalue weighted by Gasteiger charge is 2.31. The Morgan fingerprint density at radius 1 is 0.961 bits per heavy atom. The zero-order valence-electron chi connectivity index (χ0n) is 29.7. The van der Waals surface area contributed by atoms with Crippen LogP contribution < -0.4 is 21.1 Å². The van der Waals surface area contributed by atoms with E-state index in [1.807, 2.05) is 59.9 Å². The van der Waals surface area contributed by atoms with Crippen molar-refractivity contribution in [3.63, 3.8) is 0 Å². The molecule has 2 aromatic carbocycles. The summed E-state index contributed by atoms with van der Waals surface area (Å²) >= 11 is 0. The van der Waals surface area contributed by atoms with Crippen molar-refractivity contribution in [1.29, 1.82) is 0 Å². The highest BCUT2D eigenvalue weighted by molar-refractivity contribution is 5.98. The number of rotatable bonds is 13. The summed E-state index contributed by atoms with van der Waals surface area (Å²) in [6.07, 6.45) is 10.6. The first-order valence-electron chi connectivity index (χ1n) is 16.4. The maximum atomic E-state index is 13.6. The van der Waals surface area contributed by atoms with Crippen LogP contribution in [0.1, 0.15) is 63.7 Å². The molecule has 51 heavy (non-hydrogen) atoms. The van der Waals surface area contributed by atoms with Crippen molar-refractivity contribution in [2.75, 3.05) is 32.1 Å². The van der Waals surface area contributed by atoms with E-state index < -0.39 is 29.4 Å². The number of carbonyl (C=O) groups is 3. The average molecular weight is 746 g/mol. The Bertz CT molecular complexity index is 1620. The molecule has 2 aromatic heterocycles. The Kier molecular flexibility index (Phi) is 17.1. The number of imidazole rings is 2. The maximum Gasteiger partial charge on any atom is 0.250 e. The number of methoxy groups -OCH3 is 1. The first-order valence-corrected chi connectivity index (χ1v) is 16.4. The van der Waals surface area contributed by atoms with Crippen LogP contribution in [-0.4, -0.2) is 80.1 Å². The minimum atomic E-state index is -1.19. The summed E-state index contributed by atoms with van der Waals surface area (Å²) in [6.45, 7) is 8.95. The number of hydrogen-bond acceptors (Lipinski definition) is 8. The number of likely N-dealkylation sites (tertiary alicyclic amines) is 1. The van der Waals surface area contributed by atoms with E-state index in [2.05, 4.69) is 39.0 Å². The molecule has 3 amide bonds. The Labute approximate surface area is 312 Å². The van der Waals surface area contributed by atoms with E-state index in [1.165, 1.54) is 6.33 Å². The number of aromatic nitrogens is 4. The van der Waals surface area contributed by atoms with Crippen LogP contribution in [-0.2, 0) is 25.7 Å². The molecule has 0 bridgehead atoms. The molecule has 13 nitrogen and oxygen atoms in total. The summed E-state index contributed by atoms with van der Waals surface area (Å²) in [7, 11) is 1.59. The quantitative estimate of drug-likeness (QED) is 0.176. The molecule has 15 heteroatoms. The Hall–Kier alpha value is -4.43. The molecule has 1 aliphatic heterocycles. The zero-order chi connectivity index (χ0) is 35.4. The second-order valence-corrected chi connectivity index (χ2v) is 12.8. The highest BCUT2D eigenvalue weighted by Crippen LogP contribution is 2.26.